The average Bonchev–Trinajstić information content (AvgIpc) is 3.39. The molecule has 0 spiro atoms. The molecule has 4 rings (SSSR count). The Hall–Kier alpha value is -2.58. The maximum absolute atomic E-state index is 12.4. The van der Waals surface area contributed by atoms with Gasteiger partial charge in [-0.15, -0.1) is 0 Å². The van der Waals surface area contributed by atoms with E-state index in [1.54, 1.807) is 0 Å². The summed E-state index contributed by atoms with van der Waals surface area (Å²) in [6, 6.07) is 8.06. The van der Waals surface area contributed by atoms with Gasteiger partial charge < -0.3 is 4.52 Å². The van der Waals surface area contributed by atoms with Crippen LogP contribution in [0.4, 0.5) is 5.13 Å². The van der Waals surface area contributed by atoms with Crippen LogP contribution in [0, 0.1) is 13.8 Å². The monoisotopic (exact) mass is 383 g/mol. The van der Waals surface area contributed by atoms with Crippen LogP contribution >= 0.6 is 11.5 Å². The maximum Gasteiger partial charge on any atom is 0.257 e. The van der Waals surface area contributed by atoms with Crippen LogP contribution in [-0.4, -0.2) is 31.9 Å². The van der Waals surface area contributed by atoms with Crippen LogP contribution in [0.15, 0.2) is 35.1 Å². The van der Waals surface area contributed by atoms with E-state index >= 15 is 0 Å². The Labute approximate surface area is 161 Å². The number of anilines is 1. The van der Waals surface area contributed by atoms with E-state index in [1.165, 1.54) is 11.9 Å². The molecule has 1 fully saturated rings. The summed E-state index contributed by atoms with van der Waals surface area (Å²) in [6.45, 7) is 5.79. The Morgan fingerprint density at radius 2 is 2.30 bits per heavy atom. The van der Waals surface area contributed by atoms with Crippen molar-refractivity contribution in [2.24, 2.45) is 0 Å². The van der Waals surface area contributed by atoms with E-state index in [2.05, 4.69) is 30.8 Å². The Balaban J connectivity index is 1.50. The van der Waals surface area contributed by atoms with Crippen molar-refractivity contribution in [1.29, 1.82) is 0 Å². The summed E-state index contributed by atoms with van der Waals surface area (Å²) < 4.78 is 9.27. The number of likely N-dealkylation sites (tertiary alicyclic amines) is 1. The first-order valence-electron chi connectivity index (χ1n) is 8.95. The second kappa shape index (κ2) is 7.58. The standard InChI is InChI=1S/C19H21N5O2S/c1-12-17(13(2)26-23-12)16-7-4-8-24(16)10-14-5-3-6-15(9-14)18(25)22-19-20-11-21-27-19/h3,5-6,9,11,16H,4,7-8,10H2,1-2H3,(H,20,21,22,25)/t16-/m0/s1. The molecule has 1 N–H and O–H groups in total. The third-order valence-electron chi connectivity index (χ3n) is 4.94. The minimum atomic E-state index is -0.169. The summed E-state index contributed by atoms with van der Waals surface area (Å²) in [4.78, 5) is 18.9. The first kappa shape index (κ1) is 17.8. The van der Waals surface area contributed by atoms with Gasteiger partial charge in [0.25, 0.3) is 5.91 Å². The highest BCUT2D eigenvalue weighted by Crippen LogP contribution is 2.36. The zero-order valence-corrected chi connectivity index (χ0v) is 16.1. The van der Waals surface area contributed by atoms with Gasteiger partial charge >= 0.3 is 0 Å². The number of aromatic nitrogens is 3. The molecule has 140 valence electrons. The van der Waals surface area contributed by atoms with E-state index in [0.29, 0.717) is 16.7 Å². The number of hydrogen-bond acceptors (Lipinski definition) is 7. The number of rotatable bonds is 5. The van der Waals surface area contributed by atoms with Crippen LogP contribution in [-0.2, 0) is 6.54 Å². The molecule has 7 nitrogen and oxygen atoms in total. The van der Waals surface area contributed by atoms with Crippen LogP contribution in [0.3, 0.4) is 0 Å². The van der Waals surface area contributed by atoms with Crippen molar-refractivity contribution in [2.45, 2.75) is 39.3 Å². The molecule has 0 saturated carbocycles. The largest absolute Gasteiger partial charge is 0.361 e. The summed E-state index contributed by atoms with van der Waals surface area (Å²) in [7, 11) is 0. The van der Waals surface area contributed by atoms with Gasteiger partial charge in [-0.1, -0.05) is 17.3 Å². The third kappa shape index (κ3) is 3.77. The van der Waals surface area contributed by atoms with Gasteiger partial charge in [-0.2, -0.15) is 4.37 Å². The van der Waals surface area contributed by atoms with Gasteiger partial charge in [0.1, 0.15) is 12.1 Å². The lowest BCUT2D eigenvalue weighted by atomic mass is 10.0. The number of carbonyl (C=O) groups excluding carboxylic acids is 1. The Morgan fingerprint density at radius 1 is 1.41 bits per heavy atom. The fraction of sp³-hybridized carbons (Fsp3) is 0.368. The lowest BCUT2D eigenvalue weighted by molar-refractivity contribution is 0.102. The lowest BCUT2D eigenvalue weighted by Gasteiger charge is -2.24. The minimum absolute atomic E-state index is 0.169. The zero-order valence-electron chi connectivity index (χ0n) is 15.3. The minimum Gasteiger partial charge on any atom is -0.361 e. The molecule has 8 heteroatoms. The molecule has 0 bridgehead atoms. The second-order valence-corrected chi connectivity index (χ2v) is 7.55. The highest BCUT2D eigenvalue weighted by Gasteiger charge is 2.30. The van der Waals surface area contributed by atoms with Gasteiger partial charge in [-0.25, -0.2) is 4.98 Å². The number of nitrogens with one attached hydrogen (secondary N) is 1. The van der Waals surface area contributed by atoms with Gasteiger partial charge in [-0.05, 0) is 50.9 Å². The van der Waals surface area contributed by atoms with Crippen molar-refractivity contribution in [1.82, 2.24) is 19.4 Å². The smallest absolute Gasteiger partial charge is 0.257 e. The summed E-state index contributed by atoms with van der Waals surface area (Å²) in [6.07, 6.45) is 3.67. The fourth-order valence-corrected chi connectivity index (χ4v) is 4.18. The van der Waals surface area contributed by atoms with Crippen molar-refractivity contribution in [3.63, 3.8) is 0 Å². The number of benzene rings is 1. The van der Waals surface area contributed by atoms with Gasteiger partial charge in [0.15, 0.2) is 0 Å². The Bertz CT molecular complexity index is 918. The van der Waals surface area contributed by atoms with Crippen molar-refractivity contribution in [2.75, 3.05) is 11.9 Å². The van der Waals surface area contributed by atoms with E-state index in [0.717, 1.165) is 54.5 Å². The van der Waals surface area contributed by atoms with Gasteiger partial charge in [0.2, 0.25) is 5.13 Å². The van der Waals surface area contributed by atoms with Crippen LogP contribution in [0.2, 0.25) is 0 Å². The lowest BCUT2D eigenvalue weighted by Crippen LogP contribution is -2.23. The Morgan fingerprint density at radius 3 is 3.04 bits per heavy atom. The molecule has 1 aliphatic heterocycles. The molecular weight excluding hydrogens is 362 g/mol. The molecule has 1 saturated heterocycles. The molecule has 27 heavy (non-hydrogen) atoms. The van der Waals surface area contributed by atoms with E-state index in [9.17, 15) is 4.79 Å². The van der Waals surface area contributed by atoms with Gasteiger partial charge in [0, 0.05) is 35.2 Å². The van der Waals surface area contributed by atoms with Gasteiger partial charge in [-0.3, -0.25) is 15.0 Å². The number of amides is 1. The Kier molecular flexibility index (Phi) is 5.00. The first-order valence-corrected chi connectivity index (χ1v) is 9.73. The van der Waals surface area contributed by atoms with Crippen molar-refractivity contribution < 1.29 is 9.32 Å². The van der Waals surface area contributed by atoms with Crippen LogP contribution in [0.25, 0.3) is 0 Å². The summed E-state index contributed by atoms with van der Waals surface area (Å²) >= 11 is 1.16. The number of hydrogen-bond donors (Lipinski definition) is 1. The predicted molar refractivity (Wildman–Crippen MR) is 103 cm³/mol. The number of carbonyl (C=O) groups is 1. The molecular formula is C19H21N5O2S. The fourth-order valence-electron chi connectivity index (χ4n) is 3.75. The molecule has 2 aromatic heterocycles. The van der Waals surface area contributed by atoms with Crippen molar-refractivity contribution in [3.05, 3.63) is 58.7 Å². The summed E-state index contributed by atoms with van der Waals surface area (Å²) in [5.41, 5.74) is 3.90. The molecule has 3 aromatic rings. The molecule has 1 atom stereocenters. The third-order valence-corrected chi connectivity index (χ3v) is 5.52. The highest BCUT2D eigenvalue weighted by molar-refractivity contribution is 7.09. The number of aryl methyl sites for hydroxylation is 2. The van der Waals surface area contributed by atoms with E-state index in [1.807, 2.05) is 32.0 Å². The van der Waals surface area contributed by atoms with Crippen molar-refractivity contribution in [3.8, 4) is 0 Å². The quantitative estimate of drug-likeness (QED) is 0.723. The van der Waals surface area contributed by atoms with Crippen LogP contribution < -0.4 is 5.32 Å². The maximum atomic E-state index is 12.4. The van der Waals surface area contributed by atoms with E-state index in [-0.39, 0.29) is 5.91 Å². The topological polar surface area (TPSA) is 84.2 Å². The zero-order chi connectivity index (χ0) is 18.8. The predicted octanol–water partition coefficient (Wildman–Crippen LogP) is 3.73. The van der Waals surface area contributed by atoms with Crippen molar-refractivity contribution >= 4 is 22.6 Å². The molecule has 1 amide bonds. The SMILES string of the molecule is Cc1noc(C)c1[C@@H]1CCCN1Cc1cccc(C(=O)Nc2ncns2)c1. The van der Waals surface area contributed by atoms with Crippen LogP contribution in [0.5, 0.6) is 0 Å². The summed E-state index contributed by atoms with van der Waals surface area (Å²) in [5, 5.41) is 7.39. The highest BCUT2D eigenvalue weighted by atomic mass is 32.1. The second-order valence-electron chi connectivity index (χ2n) is 6.77. The molecule has 0 aliphatic carbocycles. The summed E-state index contributed by atoms with van der Waals surface area (Å²) in [5.74, 6) is 0.729. The molecule has 1 aliphatic rings. The van der Waals surface area contributed by atoms with Crippen LogP contribution in [0.1, 0.15) is 51.8 Å². The molecule has 0 radical (unpaired) electrons. The van der Waals surface area contributed by atoms with Gasteiger partial charge in [0.05, 0.1) is 5.69 Å². The number of nitrogens with zero attached hydrogens (tertiary/aromatic N) is 4. The first-order chi connectivity index (χ1) is 13.1. The van der Waals surface area contributed by atoms with E-state index in [4.69, 9.17) is 4.52 Å². The molecule has 0 unspecified atom stereocenters. The van der Waals surface area contributed by atoms with E-state index < -0.39 is 0 Å². The molecule has 3 heterocycles. The normalized spacial score (nSPS) is 17.3. The molecule has 1 aromatic carbocycles. The average molecular weight is 383 g/mol.